The van der Waals surface area contributed by atoms with Gasteiger partial charge in [-0.1, -0.05) is 13.3 Å². The summed E-state index contributed by atoms with van der Waals surface area (Å²) in [7, 11) is -3.46. The van der Waals surface area contributed by atoms with E-state index in [2.05, 4.69) is 10.2 Å². The minimum atomic E-state index is -3.46. The second-order valence-electron chi connectivity index (χ2n) is 7.32. The molecule has 2 aliphatic rings. The van der Waals surface area contributed by atoms with E-state index in [-0.39, 0.29) is 11.7 Å². The predicted molar refractivity (Wildman–Crippen MR) is 105 cm³/mol. The molecule has 0 radical (unpaired) electrons. The third-order valence-electron chi connectivity index (χ3n) is 5.20. The van der Waals surface area contributed by atoms with Gasteiger partial charge in [-0.25, -0.2) is 12.8 Å². The van der Waals surface area contributed by atoms with Gasteiger partial charge in [0, 0.05) is 31.0 Å². The smallest absolute Gasteiger partial charge is 0.242 e. The van der Waals surface area contributed by atoms with E-state index in [4.69, 9.17) is 0 Å². The molecular weight excluding hydrogens is 369 g/mol. The Balaban J connectivity index is 1.77. The van der Waals surface area contributed by atoms with Crippen LogP contribution in [0.1, 0.15) is 45.4 Å². The number of hydrogen-bond acceptors (Lipinski definition) is 4. The molecule has 2 saturated heterocycles. The van der Waals surface area contributed by atoms with E-state index < -0.39 is 21.9 Å². The third kappa shape index (κ3) is 4.79. The molecule has 2 fully saturated rings. The summed E-state index contributed by atoms with van der Waals surface area (Å²) < 4.78 is 40.4. The quantitative estimate of drug-likeness (QED) is 0.801. The van der Waals surface area contributed by atoms with Crippen LogP contribution in [0.4, 0.5) is 15.8 Å². The van der Waals surface area contributed by atoms with Crippen molar-refractivity contribution in [2.45, 2.75) is 51.5 Å². The average molecular weight is 398 g/mol. The van der Waals surface area contributed by atoms with Crippen molar-refractivity contribution in [2.75, 3.05) is 35.6 Å². The zero-order valence-electron chi connectivity index (χ0n) is 15.8. The third-order valence-corrected chi connectivity index (χ3v) is 7.27. The highest BCUT2D eigenvalue weighted by Crippen LogP contribution is 2.27. The Kier molecular flexibility index (Phi) is 6.37. The molecule has 1 amide bonds. The first kappa shape index (κ1) is 20.1. The standard InChI is InChI=1S/C19H28FN3O3S/c1-2-11-27(25,26)23-10-4-3-7-18(23)19(24)21-16-12-15(20)13-17(14-16)22-8-5-6-9-22/h12-14,18H,2-11H2,1H3,(H,21,24). The van der Waals surface area contributed by atoms with Crippen molar-refractivity contribution in [3.8, 4) is 0 Å². The van der Waals surface area contributed by atoms with Gasteiger partial charge in [0.15, 0.2) is 0 Å². The Morgan fingerprint density at radius 3 is 2.56 bits per heavy atom. The highest BCUT2D eigenvalue weighted by Gasteiger charge is 2.36. The second kappa shape index (κ2) is 8.56. The van der Waals surface area contributed by atoms with Crippen LogP contribution in [0.25, 0.3) is 0 Å². The zero-order chi connectivity index (χ0) is 19.4. The molecule has 3 rings (SSSR count). The van der Waals surface area contributed by atoms with E-state index in [1.807, 2.05) is 6.92 Å². The summed E-state index contributed by atoms with van der Waals surface area (Å²) in [5, 5.41) is 2.75. The van der Waals surface area contributed by atoms with E-state index in [1.54, 1.807) is 6.07 Å². The van der Waals surface area contributed by atoms with E-state index in [9.17, 15) is 17.6 Å². The first-order valence-electron chi connectivity index (χ1n) is 9.76. The van der Waals surface area contributed by atoms with Crippen molar-refractivity contribution < 1.29 is 17.6 Å². The zero-order valence-corrected chi connectivity index (χ0v) is 16.6. The first-order chi connectivity index (χ1) is 12.9. The van der Waals surface area contributed by atoms with Gasteiger partial charge in [-0.2, -0.15) is 4.31 Å². The molecule has 1 aromatic rings. The summed E-state index contributed by atoms with van der Waals surface area (Å²) in [4.78, 5) is 14.9. The van der Waals surface area contributed by atoms with E-state index in [0.717, 1.165) is 44.5 Å². The van der Waals surface area contributed by atoms with Crippen LogP contribution in [-0.4, -0.2) is 50.1 Å². The van der Waals surface area contributed by atoms with E-state index >= 15 is 0 Å². The van der Waals surface area contributed by atoms with Gasteiger partial charge < -0.3 is 10.2 Å². The maximum atomic E-state index is 14.1. The lowest BCUT2D eigenvalue weighted by Gasteiger charge is -2.33. The van der Waals surface area contributed by atoms with Crippen LogP contribution in [0, 0.1) is 5.82 Å². The lowest BCUT2D eigenvalue weighted by molar-refractivity contribution is -0.120. The van der Waals surface area contributed by atoms with Crippen molar-refractivity contribution in [3.05, 3.63) is 24.0 Å². The van der Waals surface area contributed by atoms with E-state index in [0.29, 0.717) is 25.1 Å². The van der Waals surface area contributed by atoms with E-state index in [1.165, 1.54) is 16.4 Å². The molecule has 0 bridgehead atoms. The Hall–Kier alpha value is -1.67. The molecule has 1 N–H and O–H groups in total. The summed E-state index contributed by atoms with van der Waals surface area (Å²) in [5.41, 5.74) is 1.13. The molecule has 2 aliphatic heterocycles. The number of nitrogens with zero attached hydrogens (tertiary/aromatic N) is 2. The van der Waals surface area contributed by atoms with Crippen LogP contribution in [0.5, 0.6) is 0 Å². The van der Waals surface area contributed by atoms with Gasteiger partial charge >= 0.3 is 0 Å². The molecule has 0 spiro atoms. The van der Waals surface area contributed by atoms with Gasteiger partial charge in [-0.05, 0) is 50.3 Å². The monoisotopic (exact) mass is 397 g/mol. The summed E-state index contributed by atoms with van der Waals surface area (Å²) in [6.45, 7) is 3.93. The second-order valence-corrected chi connectivity index (χ2v) is 9.36. The van der Waals surface area contributed by atoms with Crippen LogP contribution in [-0.2, 0) is 14.8 Å². The summed E-state index contributed by atoms with van der Waals surface area (Å²) >= 11 is 0. The van der Waals surface area contributed by atoms with Gasteiger partial charge in [-0.15, -0.1) is 0 Å². The highest BCUT2D eigenvalue weighted by atomic mass is 32.2. The number of benzene rings is 1. The number of amides is 1. The SMILES string of the molecule is CCCS(=O)(=O)N1CCCCC1C(=O)Nc1cc(F)cc(N2CCCC2)c1. The number of carbonyl (C=O) groups is 1. The summed E-state index contributed by atoms with van der Waals surface area (Å²) in [5.74, 6) is -0.753. The van der Waals surface area contributed by atoms with Gasteiger partial charge in [-0.3, -0.25) is 4.79 Å². The lowest BCUT2D eigenvalue weighted by atomic mass is 10.0. The number of rotatable bonds is 6. The fourth-order valence-electron chi connectivity index (χ4n) is 3.90. The first-order valence-corrected chi connectivity index (χ1v) is 11.4. The van der Waals surface area contributed by atoms with Crippen LogP contribution < -0.4 is 10.2 Å². The van der Waals surface area contributed by atoms with Crippen molar-refractivity contribution in [2.24, 2.45) is 0 Å². The van der Waals surface area contributed by atoms with Crippen molar-refractivity contribution in [1.29, 1.82) is 0 Å². The number of sulfonamides is 1. The molecular formula is C19H28FN3O3S. The molecule has 150 valence electrons. The molecule has 8 heteroatoms. The Labute approximate surface area is 160 Å². The fourth-order valence-corrected chi connectivity index (χ4v) is 5.65. The molecule has 2 heterocycles. The molecule has 1 atom stereocenters. The maximum Gasteiger partial charge on any atom is 0.242 e. The number of anilines is 2. The van der Waals surface area contributed by atoms with Crippen LogP contribution in [0.15, 0.2) is 18.2 Å². The maximum absolute atomic E-state index is 14.1. The summed E-state index contributed by atoms with van der Waals surface area (Å²) in [6.07, 6.45) is 4.71. The number of piperidine rings is 1. The number of nitrogens with one attached hydrogen (secondary N) is 1. The van der Waals surface area contributed by atoms with Gasteiger partial charge in [0.05, 0.1) is 5.75 Å². The van der Waals surface area contributed by atoms with Crippen molar-refractivity contribution in [3.63, 3.8) is 0 Å². The largest absolute Gasteiger partial charge is 0.371 e. The van der Waals surface area contributed by atoms with Gasteiger partial charge in [0.1, 0.15) is 11.9 Å². The molecule has 0 aliphatic carbocycles. The average Bonchev–Trinajstić information content (AvgIpc) is 3.16. The number of hydrogen-bond donors (Lipinski definition) is 1. The molecule has 1 unspecified atom stereocenters. The van der Waals surface area contributed by atoms with Crippen LogP contribution >= 0.6 is 0 Å². The van der Waals surface area contributed by atoms with Crippen molar-refractivity contribution in [1.82, 2.24) is 4.31 Å². The van der Waals surface area contributed by atoms with Crippen LogP contribution in [0.3, 0.4) is 0 Å². The highest BCUT2D eigenvalue weighted by molar-refractivity contribution is 7.89. The normalized spacial score (nSPS) is 21.4. The minimum Gasteiger partial charge on any atom is -0.371 e. The summed E-state index contributed by atoms with van der Waals surface area (Å²) in [6, 6.07) is 3.79. The van der Waals surface area contributed by atoms with Gasteiger partial charge in [0.25, 0.3) is 0 Å². The predicted octanol–water partition coefficient (Wildman–Crippen LogP) is 2.96. The van der Waals surface area contributed by atoms with Crippen molar-refractivity contribution >= 4 is 27.3 Å². The Morgan fingerprint density at radius 2 is 1.85 bits per heavy atom. The number of halogens is 1. The molecule has 0 saturated carbocycles. The Morgan fingerprint density at radius 1 is 1.15 bits per heavy atom. The van der Waals surface area contributed by atoms with Crippen LogP contribution in [0.2, 0.25) is 0 Å². The fraction of sp³-hybridized carbons (Fsp3) is 0.632. The minimum absolute atomic E-state index is 0.0376. The number of carbonyl (C=O) groups excluding carboxylic acids is 1. The Bertz CT molecular complexity index is 778. The lowest BCUT2D eigenvalue weighted by Crippen LogP contribution is -2.50. The molecule has 27 heavy (non-hydrogen) atoms. The molecule has 0 aromatic heterocycles. The van der Waals surface area contributed by atoms with Gasteiger partial charge in [0.2, 0.25) is 15.9 Å². The molecule has 6 nitrogen and oxygen atoms in total. The molecule has 1 aromatic carbocycles. The topological polar surface area (TPSA) is 69.7 Å².